The summed E-state index contributed by atoms with van der Waals surface area (Å²) < 4.78 is 5.07. The van der Waals surface area contributed by atoms with Gasteiger partial charge in [-0.3, -0.25) is 4.79 Å². The lowest BCUT2D eigenvalue weighted by molar-refractivity contribution is 0.0816. The molecule has 2 N–H and O–H groups in total. The molecule has 0 fully saturated rings. The molecule has 4 nitrogen and oxygen atoms in total. The number of amides is 1. The Bertz CT molecular complexity index is 402. The smallest absolute Gasteiger partial charge is 0.251 e. The van der Waals surface area contributed by atoms with Crippen LogP contribution in [-0.2, 0) is 0 Å². The second-order valence-electron chi connectivity index (χ2n) is 4.59. The zero-order chi connectivity index (χ0) is 14.3. The monoisotopic (exact) mass is 265 g/mol. The summed E-state index contributed by atoms with van der Waals surface area (Å²) >= 11 is 0. The van der Waals surface area contributed by atoms with E-state index in [1.165, 1.54) is 0 Å². The van der Waals surface area contributed by atoms with Gasteiger partial charge in [0.25, 0.3) is 5.91 Å². The number of carbonyl (C=O) groups excluding carboxylic acids is 1. The van der Waals surface area contributed by atoms with Crippen LogP contribution in [0.3, 0.4) is 0 Å². The Labute approximate surface area is 114 Å². The van der Waals surface area contributed by atoms with Crippen molar-refractivity contribution in [2.24, 2.45) is 5.92 Å². The maximum atomic E-state index is 11.9. The normalized spacial score (nSPS) is 12.3. The van der Waals surface area contributed by atoms with Gasteiger partial charge in [0, 0.05) is 12.1 Å². The van der Waals surface area contributed by atoms with Crippen LogP contribution in [0.2, 0.25) is 0 Å². The van der Waals surface area contributed by atoms with Crippen molar-refractivity contribution in [1.82, 2.24) is 5.32 Å². The van der Waals surface area contributed by atoms with Crippen LogP contribution in [0.4, 0.5) is 0 Å². The average Bonchev–Trinajstić information content (AvgIpc) is 2.46. The van der Waals surface area contributed by atoms with E-state index in [9.17, 15) is 9.90 Å². The minimum absolute atomic E-state index is 0.191. The number of aliphatic hydroxyl groups excluding tert-OH is 1. The standard InChI is InChI=1S/C15H23NO3/c1-4-11(5-2)14(17)10-16-15(18)12-7-6-8-13(9-12)19-3/h6-9,11,14,17H,4-5,10H2,1-3H3,(H,16,18). The van der Waals surface area contributed by atoms with E-state index in [0.717, 1.165) is 12.8 Å². The van der Waals surface area contributed by atoms with Crippen molar-refractivity contribution >= 4 is 5.91 Å². The first-order valence-corrected chi connectivity index (χ1v) is 6.72. The number of hydrogen-bond acceptors (Lipinski definition) is 3. The Hall–Kier alpha value is -1.55. The highest BCUT2D eigenvalue weighted by Crippen LogP contribution is 2.14. The SMILES string of the molecule is CCC(CC)C(O)CNC(=O)c1cccc(OC)c1. The van der Waals surface area contributed by atoms with Crippen LogP contribution in [-0.4, -0.2) is 30.8 Å². The second kappa shape index (κ2) is 7.79. The number of rotatable bonds is 7. The molecular formula is C15H23NO3. The molecular weight excluding hydrogens is 242 g/mol. The van der Waals surface area contributed by atoms with Gasteiger partial charge < -0.3 is 15.2 Å². The number of methoxy groups -OCH3 is 1. The van der Waals surface area contributed by atoms with Crippen LogP contribution in [0.1, 0.15) is 37.0 Å². The molecule has 4 heteroatoms. The molecule has 0 heterocycles. The topological polar surface area (TPSA) is 58.6 Å². The molecule has 1 atom stereocenters. The van der Waals surface area contributed by atoms with E-state index >= 15 is 0 Å². The number of carbonyl (C=O) groups is 1. The highest BCUT2D eigenvalue weighted by Gasteiger charge is 2.16. The number of benzene rings is 1. The minimum Gasteiger partial charge on any atom is -0.497 e. The van der Waals surface area contributed by atoms with Crippen LogP contribution >= 0.6 is 0 Å². The molecule has 0 spiro atoms. The lowest BCUT2D eigenvalue weighted by Crippen LogP contribution is -2.36. The first-order chi connectivity index (χ1) is 9.12. The van der Waals surface area contributed by atoms with E-state index in [1.807, 2.05) is 13.8 Å². The third-order valence-corrected chi connectivity index (χ3v) is 3.40. The molecule has 0 bridgehead atoms. The minimum atomic E-state index is -0.496. The molecule has 1 rings (SSSR count). The Morgan fingerprint density at radius 3 is 2.63 bits per heavy atom. The molecule has 1 aromatic rings. The van der Waals surface area contributed by atoms with Gasteiger partial charge in [0.1, 0.15) is 5.75 Å². The molecule has 0 aromatic heterocycles. The van der Waals surface area contributed by atoms with Gasteiger partial charge >= 0.3 is 0 Å². The Kier molecular flexibility index (Phi) is 6.36. The molecule has 1 unspecified atom stereocenters. The largest absolute Gasteiger partial charge is 0.497 e. The Balaban J connectivity index is 2.55. The zero-order valence-electron chi connectivity index (χ0n) is 11.8. The zero-order valence-corrected chi connectivity index (χ0v) is 11.8. The Morgan fingerprint density at radius 1 is 1.37 bits per heavy atom. The molecule has 1 aromatic carbocycles. The van der Waals surface area contributed by atoms with Gasteiger partial charge in [0.05, 0.1) is 13.2 Å². The molecule has 1 amide bonds. The lowest BCUT2D eigenvalue weighted by Gasteiger charge is -2.20. The number of hydrogen-bond donors (Lipinski definition) is 2. The summed E-state index contributed by atoms with van der Waals surface area (Å²) in [6, 6.07) is 6.96. The van der Waals surface area contributed by atoms with Crippen LogP contribution < -0.4 is 10.1 Å². The first kappa shape index (κ1) is 15.5. The maximum absolute atomic E-state index is 11.9. The molecule has 0 aliphatic rings. The summed E-state index contributed by atoms with van der Waals surface area (Å²) in [7, 11) is 1.56. The molecule has 0 aliphatic heterocycles. The highest BCUT2D eigenvalue weighted by atomic mass is 16.5. The van der Waals surface area contributed by atoms with Gasteiger partial charge in [-0.15, -0.1) is 0 Å². The van der Waals surface area contributed by atoms with Gasteiger partial charge in [0.15, 0.2) is 0 Å². The average molecular weight is 265 g/mol. The van der Waals surface area contributed by atoms with Crippen molar-refractivity contribution in [3.05, 3.63) is 29.8 Å². The molecule has 106 valence electrons. The van der Waals surface area contributed by atoms with E-state index in [2.05, 4.69) is 5.32 Å². The quantitative estimate of drug-likeness (QED) is 0.794. The predicted molar refractivity (Wildman–Crippen MR) is 75.4 cm³/mol. The molecule has 0 saturated heterocycles. The molecule has 0 aliphatic carbocycles. The van der Waals surface area contributed by atoms with Gasteiger partial charge in [-0.2, -0.15) is 0 Å². The predicted octanol–water partition coefficient (Wildman–Crippen LogP) is 2.22. The number of nitrogens with one attached hydrogen (secondary N) is 1. The van der Waals surface area contributed by atoms with Gasteiger partial charge in [0.2, 0.25) is 0 Å². The van der Waals surface area contributed by atoms with E-state index in [-0.39, 0.29) is 18.4 Å². The summed E-state index contributed by atoms with van der Waals surface area (Å²) in [6.45, 7) is 4.37. The number of aliphatic hydroxyl groups is 1. The van der Waals surface area contributed by atoms with Crippen molar-refractivity contribution in [1.29, 1.82) is 0 Å². The summed E-state index contributed by atoms with van der Waals surface area (Å²) in [5.74, 6) is 0.683. The van der Waals surface area contributed by atoms with E-state index in [4.69, 9.17) is 4.74 Å². The van der Waals surface area contributed by atoms with Crippen LogP contribution in [0.5, 0.6) is 5.75 Å². The summed E-state index contributed by atoms with van der Waals surface area (Å²) in [4.78, 5) is 11.9. The van der Waals surface area contributed by atoms with E-state index < -0.39 is 6.10 Å². The van der Waals surface area contributed by atoms with Crippen molar-refractivity contribution in [2.75, 3.05) is 13.7 Å². The van der Waals surface area contributed by atoms with Crippen molar-refractivity contribution < 1.29 is 14.6 Å². The van der Waals surface area contributed by atoms with Crippen LogP contribution in [0.25, 0.3) is 0 Å². The van der Waals surface area contributed by atoms with E-state index in [1.54, 1.807) is 31.4 Å². The lowest BCUT2D eigenvalue weighted by atomic mass is 9.96. The summed E-state index contributed by atoms with van der Waals surface area (Å²) in [5, 5.41) is 12.7. The molecule has 19 heavy (non-hydrogen) atoms. The second-order valence-corrected chi connectivity index (χ2v) is 4.59. The van der Waals surface area contributed by atoms with Crippen LogP contribution in [0.15, 0.2) is 24.3 Å². The third kappa shape index (κ3) is 4.56. The van der Waals surface area contributed by atoms with Crippen molar-refractivity contribution in [3.63, 3.8) is 0 Å². The molecule has 0 saturated carbocycles. The third-order valence-electron chi connectivity index (χ3n) is 3.40. The van der Waals surface area contributed by atoms with Crippen molar-refractivity contribution in [2.45, 2.75) is 32.8 Å². The summed E-state index contributed by atoms with van der Waals surface area (Å²) in [6.07, 6.45) is 1.32. The van der Waals surface area contributed by atoms with Gasteiger partial charge in [-0.05, 0) is 24.1 Å². The first-order valence-electron chi connectivity index (χ1n) is 6.72. The Morgan fingerprint density at radius 2 is 2.05 bits per heavy atom. The summed E-state index contributed by atoms with van der Waals surface area (Å²) in [5.41, 5.74) is 0.538. The maximum Gasteiger partial charge on any atom is 0.251 e. The number of ether oxygens (including phenoxy) is 1. The fourth-order valence-corrected chi connectivity index (χ4v) is 2.06. The van der Waals surface area contributed by atoms with Gasteiger partial charge in [-0.1, -0.05) is 32.8 Å². The van der Waals surface area contributed by atoms with Crippen molar-refractivity contribution in [3.8, 4) is 5.75 Å². The van der Waals surface area contributed by atoms with Crippen LogP contribution in [0, 0.1) is 5.92 Å². The fourth-order valence-electron chi connectivity index (χ4n) is 2.06. The highest BCUT2D eigenvalue weighted by molar-refractivity contribution is 5.94. The fraction of sp³-hybridized carbons (Fsp3) is 0.533. The molecule has 0 radical (unpaired) electrons. The van der Waals surface area contributed by atoms with E-state index in [0.29, 0.717) is 11.3 Å². The van der Waals surface area contributed by atoms with Gasteiger partial charge in [-0.25, -0.2) is 0 Å².